The van der Waals surface area contributed by atoms with Gasteiger partial charge < -0.3 is 0 Å². The van der Waals surface area contributed by atoms with E-state index in [1.807, 2.05) is 0 Å². The monoisotopic (exact) mass is 280 g/mol. The number of rotatable bonds is 0. The number of nitriles is 1. The molecule has 1 nitrogen and oxygen atoms in total. The van der Waals surface area contributed by atoms with Crippen molar-refractivity contribution in [3.05, 3.63) is 0 Å². The molecule has 0 spiro atoms. The minimum absolute atomic E-state index is 0. The van der Waals surface area contributed by atoms with Gasteiger partial charge in [-0.1, -0.05) is 12.6 Å². The van der Waals surface area contributed by atoms with Crippen molar-refractivity contribution >= 4 is 42.2 Å². The average molecular weight is 280 g/mol. The number of hydrogen-bond acceptors (Lipinski definition) is 2. The molecule has 0 fully saturated rings. The van der Waals surface area contributed by atoms with E-state index in [-0.39, 0.29) is 51.9 Å². The normalized spacial score (nSPS) is 1.60. The number of hydrogen-bond donors (Lipinski definition) is 1. The molecule has 0 aromatic rings. The summed E-state index contributed by atoms with van der Waals surface area (Å²) in [6, 6.07) is 0. The molecule has 0 heterocycles. The first-order valence-electron chi connectivity index (χ1n) is 0.447. The zero-order chi connectivity index (χ0) is 2.71. The molecule has 0 amide bonds. The predicted molar refractivity (Wildman–Crippen MR) is 21.7 cm³/mol. The van der Waals surface area contributed by atoms with Crippen LogP contribution < -0.4 is 0 Å². The van der Waals surface area contributed by atoms with E-state index in [1.165, 1.54) is 5.40 Å². The van der Waals surface area contributed by atoms with Gasteiger partial charge in [-0.05, 0) is 0 Å². The van der Waals surface area contributed by atoms with Gasteiger partial charge in [-0.15, -0.1) is 0 Å². The Morgan fingerprint density at radius 2 is 1.60 bits per heavy atom. The summed E-state index contributed by atoms with van der Waals surface area (Å²) in [5, 5.41) is 8.63. The maximum atomic E-state index is 7.18. The molecular formula is CH2AuNNaS. The van der Waals surface area contributed by atoms with E-state index >= 15 is 0 Å². The van der Waals surface area contributed by atoms with E-state index in [1.54, 1.807) is 0 Å². The third-order valence-electron chi connectivity index (χ3n) is 0. The maximum absolute atomic E-state index is 7.18. The zero-order valence-corrected chi connectivity index (χ0v) is 4.76. The molecule has 4 heteroatoms. The van der Waals surface area contributed by atoms with E-state index in [9.17, 15) is 0 Å². The predicted octanol–water partition coefficient (Wildman–Crippen LogP) is -0.254. The molecule has 0 unspecified atom stereocenters. The summed E-state index contributed by atoms with van der Waals surface area (Å²) >= 11 is 3.09. The second-order valence-corrected chi connectivity index (χ2v) is 0.300. The van der Waals surface area contributed by atoms with Crippen LogP contribution in [0.3, 0.4) is 0 Å². The SMILES string of the molecule is N#CS.[Au].[NaH]. The quantitative estimate of drug-likeness (QED) is 0.369. The van der Waals surface area contributed by atoms with Gasteiger partial charge >= 0.3 is 29.6 Å². The fraction of sp³-hybridized carbons (Fsp3) is 0. The molecule has 0 N–H and O–H groups in total. The summed E-state index contributed by atoms with van der Waals surface area (Å²) in [7, 11) is 0. The number of thiocyanates is 1. The van der Waals surface area contributed by atoms with Crippen LogP contribution in [0.2, 0.25) is 0 Å². The molecule has 0 atom stereocenters. The molecule has 0 rings (SSSR count). The molecule has 1 radical (unpaired) electrons. The summed E-state index contributed by atoms with van der Waals surface area (Å²) in [5.74, 6) is 0. The van der Waals surface area contributed by atoms with Crippen molar-refractivity contribution in [2.75, 3.05) is 0 Å². The summed E-state index contributed by atoms with van der Waals surface area (Å²) in [4.78, 5) is 0. The van der Waals surface area contributed by atoms with Crippen LogP contribution >= 0.6 is 12.6 Å². The summed E-state index contributed by atoms with van der Waals surface area (Å²) in [6.07, 6.45) is 0. The third kappa shape index (κ3) is 28.6. The molecule has 0 aromatic heterocycles. The van der Waals surface area contributed by atoms with Crippen molar-refractivity contribution in [1.29, 1.82) is 5.26 Å². The molecule has 0 aliphatic rings. The summed E-state index contributed by atoms with van der Waals surface area (Å²) in [5.41, 5.74) is 0. The Morgan fingerprint density at radius 3 is 1.60 bits per heavy atom. The Labute approximate surface area is 74.3 Å². The fourth-order valence-corrected chi connectivity index (χ4v) is 0. The number of thiol groups is 1. The molecule has 29 valence electrons. The summed E-state index contributed by atoms with van der Waals surface area (Å²) < 4.78 is 0. The van der Waals surface area contributed by atoms with Gasteiger partial charge in [0.25, 0.3) is 0 Å². The van der Waals surface area contributed by atoms with Gasteiger partial charge in [0.1, 0.15) is 5.40 Å². The van der Waals surface area contributed by atoms with Gasteiger partial charge in [0.2, 0.25) is 0 Å². The van der Waals surface area contributed by atoms with Crippen molar-refractivity contribution < 1.29 is 22.4 Å². The van der Waals surface area contributed by atoms with Crippen LogP contribution in [-0.2, 0) is 22.4 Å². The van der Waals surface area contributed by atoms with Crippen molar-refractivity contribution in [2.45, 2.75) is 0 Å². The van der Waals surface area contributed by atoms with Crippen LogP contribution in [0.4, 0.5) is 0 Å². The topological polar surface area (TPSA) is 23.8 Å². The summed E-state index contributed by atoms with van der Waals surface area (Å²) in [6.45, 7) is 0. The van der Waals surface area contributed by atoms with Crippen LogP contribution in [0.15, 0.2) is 0 Å². The Kier molecular flexibility index (Phi) is 56.2. The first kappa shape index (κ1) is 16.0. The molecule has 0 aliphatic carbocycles. The number of nitrogens with zero attached hydrogens (tertiary/aromatic N) is 1. The first-order valence-corrected chi connectivity index (χ1v) is 0.894. The second-order valence-electron chi connectivity index (χ2n) is 0.100. The Bertz CT molecular complexity index is 33.1. The minimum atomic E-state index is 0. The zero-order valence-electron chi connectivity index (χ0n) is 1.70. The second kappa shape index (κ2) is 17.6. The van der Waals surface area contributed by atoms with Crippen LogP contribution in [0.5, 0.6) is 0 Å². The van der Waals surface area contributed by atoms with Crippen LogP contribution in [0.25, 0.3) is 0 Å². The van der Waals surface area contributed by atoms with Crippen LogP contribution in [-0.4, -0.2) is 29.6 Å². The first-order chi connectivity index (χ1) is 1.41. The van der Waals surface area contributed by atoms with Gasteiger partial charge in [-0.25, -0.2) is 0 Å². The molecule has 5 heavy (non-hydrogen) atoms. The third-order valence-corrected chi connectivity index (χ3v) is 0. The van der Waals surface area contributed by atoms with E-state index in [0.29, 0.717) is 0 Å². The van der Waals surface area contributed by atoms with Gasteiger partial charge in [0.05, 0.1) is 0 Å². The van der Waals surface area contributed by atoms with Gasteiger partial charge in [0.15, 0.2) is 0 Å². The van der Waals surface area contributed by atoms with Crippen LogP contribution in [0.1, 0.15) is 0 Å². The van der Waals surface area contributed by atoms with Crippen molar-refractivity contribution in [3.63, 3.8) is 0 Å². The average Bonchev–Trinajstić information content (AvgIpc) is 0.918. The van der Waals surface area contributed by atoms with Crippen molar-refractivity contribution in [1.82, 2.24) is 0 Å². The van der Waals surface area contributed by atoms with Gasteiger partial charge in [-0.3, -0.25) is 0 Å². The van der Waals surface area contributed by atoms with Crippen molar-refractivity contribution in [2.24, 2.45) is 0 Å². The Hall–Kier alpha value is 1.58. The molecule has 0 bridgehead atoms. The molecule has 0 saturated carbocycles. The standard InChI is InChI=1S/CHNS.Au.Na.H/c2-1-3;;;/h3H;;;. The Balaban J connectivity index is -0.0000000200. The van der Waals surface area contributed by atoms with E-state index in [2.05, 4.69) is 12.6 Å². The van der Waals surface area contributed by atoms with Crippen molar-refractivity contribution in [3.8, 4) is 5.40 Å². The van der Waals surface area contributed by atoms with Gasteiger partial charge in [-0.2, -0.15) is 5.26 Å². The molecule has 0 aliphatic heterocycles. The van der Waals surface area contributed by atoms with Crippen LogP contribution in [0, 0.1) is 10.7 Å². The Morgan fingerprint density at radius 1 is 1.60 bits per heavy atom. The molecule has 0 aromatic carbocycles. The molecular weight excluding hydrogens is 278 g/mol. The van der Waals surface area contributed by atoms with E-state index in [4.69, 9.17) is 5.26 Å². The molecule has 0 saturated heterocycles. The van der Waals surface area contributed by atoms with Gasteiger partial charge in [0, 0.05) is 22.4 Å². The van der Waals surface area contributed by atoms with E-state index in [0.717, 1.165) is 0 Å². The van der Waals surface area contributed by atoms with E-state index < -0.39 is 0 Å². The fourth-order valence-electron chi connectivity index (χ4n) is 0.